The summed E-state index contributed by atoms with van der Waals surface area (Å²) < 4.78 is 11.9. The summed E-state index contributed by atoms with van der Waals surface area (Å²) in [5.74, 6) is 2.41. The van der Waals surface area contributed by atoms with E-state index in [4.69, 9.17) is 9.47 Å². The van der Waals surface area contributed by atoms with Crippen LogP contribution >= 0.6 is 8.58 Å². The third-order valence-electron chi connectivity index (χ3n) is 4.94. The van der Waals surface area contributed by atoms with Crippen LogP contribution in [0, 0.1) is 39.5 Å². The first kappa shape index (κ1) is 26.8. The zero-order valence-corrected chi connectivity index (χ0v) is 21.1. The second-order valence-corrected chi connectivity index (χ2v) is 9.90. The number of carbonyl (C=O) groups is 1. The van der Waals surface area contributed by atoms with Crippen molar-refractivity contribution in [2.75, 3.05) is 13.2 Å². The van der Waals surface area contributed by atoms with Crippen LogP contribution in [0.2, 0.25) is 0 Å². The molecule has 0 N–H and O–H groups in total. The van der Waals surface area contributed by atoms with Crippen molar-refractivity contribution >= 4 is 38.3 Å². The molecule has 30 heavy (non-hydrogen) atoms. The van der Waals surface area contributed by atoms with Crippen molar-refractivity contribution in [3.05, 3.63) is 52.1 Å². The van der Waals surface area contributed by atoms with Gasteiger partial charge in [-0.05, 0) is 82.5 Å². The van der Waals surface area contributed by atoms with Crippen molar-refractivity contribution in [3.63, 3.8) is 0 Å². The van der Waals surface area contributed by atoms with Gasteiger partial charge in [-0.3, -0.25) is 4.79 Å². The zero-order chi connectivity index (χ0) is 21.7. The molecular weight excluding hydrogens is 386 g/mol. The molecule has 2 rings (SSSR count). The topological polar surface area (TPSA) is 35.5 Å². The van der Waals surface area contributed by atoms with Crippen LogP contribution in [0.1, 0.15) is 60.3 Å². The molecule has 0 saturated carbocycles. The van der Waals surface area contributed by atoms with Crippen LogP contribution in [0.15, 0.2) is 24.3 Å². The van der Waals surface area contributed by atoms with Crippen LogP contribution < -0.4 is 14.8 Å². The molecule has 5 heteroatoms. The summed E-state index contributed by atoms with van der Waals surface area (Å²) in [4.78, 5) is 13.2. The van der Waals surface area contributed by atoms with E-state index in [9.17, 15) is 4.79 Å². The zero-order valence-electron chi connectivity index (χ0n) is 20.1. The van der Waals surface area contributed by atoms with Gasteiger partial charge in [-0.25, -0.2) is 0 Å². The molecular formula is C25H35LiO3P. The van der Waals surface area contributed by atoms with Gasteiger partial charge >= 0.3 is 0 Å². The number of hydrogen-bond acceptors (Lipinski definition) is 3. The summed E-state index contributed by atoms with van der Waals surface area (Å²) >= 11 is 0. The minimum absolute atomic E-state index is 0. The number of carbonyl (C=O) groups excluding carboxylic acids is 1. The third-order valence-corrected chi connectivity index (χ3v) is 6.10. The van der Waals surface area contributed by atoms with Gasteiger partial charge < -0.3 is 9.47 Å². The maximum Gasteiger partial charge on any atom is 0.186 e. The molecule has 1 unspecified atom stereocenters. The first-order chi connectivity index (χ1) is 13.6. The van der Waals surface area contributed by atoms with Gasteiger partial charge in [-0.2, -0.15) is 0 Å². The Morgan fingerprint density at radius 2 is 1.47 bits per heavy atom. The van der Waals surface area contributed by atoms with E-state index in [0.29, 0.717) is 25.0 Å². The molecule has 0 saturated heterocycles. The van der Waals surface area contributed by atoms with E-state index >= 15 is 0 Å². The molecule has 0 aliphatic heterocycles. The molecule has 0 bridgehead atoms. The minimum atomic E-state index is 0. The van der Waals surface area contributed by atoms with E-state index in [0.717, 1.165) is 33.5 Å². The molecule has 0 amide bonds. The van der Waals surface area contributed by atoms with Crippen LogP contribution in [0.4, 0.5) is 0 Å². The standard InChI is InChI=1S/C25H35O3P.Li/c1-15(2)13-27-21-9-10-23(22(12-21)28-14-16(3)4)29-25(26)24-18(6)11-17(5)19(7)20(24)8;/h9-12,15-16,29H,13-14H2,1-8H3;. The summed E-state index contributed by atoms with van der Waals surface area (Å²) in [6.07, 6.45) is 0. The summed E-state index contributed by atoms with van der Waals surface area (Å²) in [5.41, 5.74) is 5.56. The average molecular weight is 421 g/mol. The molecule has 0 aromatic heterocycles. The van der Waals surface area contributed by atoms with Gasteiger partial charge in [-0.15, -0.1) is 0 Å². The Kier molecular flexibility index (Phi) is 10.7. The van der Waals surface area contributed by atoms with E-state index in [1.54, 1.807) is 0 Å². The Labute approximate surface area is 196 Å². The monoisotopic (exact) mass is 421 g/mol. The predicted molar refractivity (Wildman–Crippen MR) is 131 cm³/mol. The van der Waals surface area contributed by atoms with E-state index in [1.807, 2.05) is 32.0 Å². The van der Waals surface area contributed by atoms with Gasteiger partial charge in [0.25, 0.3) is 0 Å². The Balaban J connectivity index is 0.00000450. The molecule has 0 heterocycles. The molecule has 0 fully saturated rings. The second kappa shape index (κ2) is 11.9. The maximum atomic E-state index is 13.2. The van der Waals surface area contributed by atoms with Crippen molar-refractivity contribution in [2.24, 2.45) is 11.8 Å². The average Bonchev–Trinajstić information content (AvgIpc) is 2.64. The quantitative estimate of drug-likeness (QED) is 0.382. The molecule has 2 aromatic rings. The summed E-state index contributed by atoms with van der Waals surface area (Å²) in [6.45, 7) is 18.0. The molecule has 0 aliphatic rings. The van der Waals surface area contributed by atoms with E-state index in [-0.39, 0.29) is 33.0 Å². The van der Waals surface area contributed by atoms with Crippen LogP contribution in [-0.2, 0) is 0 Å². The summed E-state index contributed by atoms with van der Waals surface area (Å²) in [5, 5.41) is 0.935. The number of rotatable bonds is 9. The fourth-order valence-corrected chi connectivity index (χ4v) is 4.34. The number of hydrogen-bond donors (Lipinski definition) is 0. The smallest absolute Gasteiger partial charge is 0.186 e. The Hall–Kier alpha value is -1.26. The second-order valence-electron chi connectivity index (χ2n) is 8.66. The fraction of sp³-hybridized carbons (Fsp3) is 0.480. The van der Waals surface area contributed by atoms with Crippen LogP contribution in [0.3, 0.4) is 0 Å². The Morgan fingerprint density at radius 1 is 0.867 bits per heavy atom. The maximum absolute atomic E-state index is 13.2. The van der Waals surface area contributed by atoms with Crippen molar-refractivity contribution in [3.8, 4) is 11.5 Å². The number of ether oxygens (including phenoxy) is 2. The first-order valence-electron chi connectivity index (χ1n) is 10.4. The van der Waals surface area contributed by atoms with E-state index < -0.39 is 0 Å². The van der Waals surface area contributed by atoms with Gasteiger partial charge in [-0.1, -0.05) is 33.8 Å². The molecule has 2 aromatic carbocycles. The largest absolute Gasteiger partial charge is 0.493 e. The van der Waals surface area contributed by atoms with Crippen molar-refractivity contribution in [1.29, 1.82) is 0 Å². The number of aryl methyl sites for hydroxylation is 2. The molecule has 3 nitrogen and oxygen atoms in total. The van der Waals surface area contributed by atoms with E-state index in [2.05, 4.69) is 47.6 Å². The Morgan fingerprint density at radius 3 is 2.07 bits per heavy atom. The molecule has 1 atom stereocenters. The van der Waals surface area contributed by atoms with Gasteiger partial charge in [0, 0.05) is 35.8 Å². The molecule has 0 spiro atoms. The minimum Gasteiger partial charge on any atom is -0.493 e. The summed E-state index contributed by atoms with van der Waals surface area (Å²) in [6, 6.07) is 7.97. The van der Waals surface area contributed by atoms with Crippen molar-refractivity contribution in [2.45, 2.75) is 55.4 Å². The Bertz CT molecular complexity index is 875. The van der Waals surface area contributed by atoms with Gasteiger partial charge in [0.1, 0.15) is 11.5 Å². The fourth-order valence-electron chi connectivity index (χ4n) is 3.15. The van der Waals surface area contributed by atoms with E-state index in [1.165, 1.54) is 11.1 Å². The van der Waals surface area contributed by atoms with Crippen LogP contribution in [-0.4, -0.2) is 37.6 Å². The normalized spacial score (nSPS) is 11.3. The van der Waals surface area contributed by atoms with Gasteiger partial charge in [0.05, 0.1) is 13.2 Å². The molecule has 0 aliphatic carbocycles. The van der Waals surface area contributed by atoms with Crippen molar-refractivity contribution in [1.82, 2.24) is 0 Å². The first-order valence-corrected chi connectivity index (χ1v) is 11.4. The van der Waals surface area contributed by atoms with Gasteiger partial charge in [0.15, 0.2) is 5.52 Å². The molecule has 159 valence electrons. The van der Waals surface area contributed by atoms with Crippen molar-refractivity contribution < 1.29 is 14.3 Å². The predicted octanol–water partition coefficient (Wildman–Crippen LogP) is 5.75. The number of benzene rings is 2. The SMILES string of the molecule is Cc1cc(C)c(C(=O)Pc2ccc(OCC(C)C)cc2OCC(C)C)c(C)c1C.[Li]. The van der Waals surface area contributed by atoms with Crippen LogP contribution in [0.25, 0.3) is 0 Å². The molecule has 1 radical (unpaired) electrons. The summed E-state index contributed by atoms with van der Waals surface area (Å²) in [7, 11) is 0.0182. The van der Waals surface area contributed by atoms with Gasteiger partial charge in [0.2, 0.25) is 0 Å². The van der Waals surface area contributed by atoms with Crippen LogP contribution in [0.5, 0.6) is 11.5 Å². The third kappa shape index (κ3) is 7.16.